The summed E-state index contributed by atoms with van der Waals surface area (Å²) in [6.07, 6.45) is 7.70. The lowest BCUT2D eigenvalue weighted by atomic mass is 9.76. The molecule has 208 valence electrons. The van der Waals surface area contributed by atoms with Crippen molar-refractivity contribution >= 4 is 33.5 Å². The van der Waals surface area contributed by atoms with Crippen LogP contribution >= 0.6 is 15.9 Å². The maximum absolute atomic E-state index is 6.17. The second-order valence-corrected chi connectivity index (χ2v) is 11.8. The van der Waals surface area contributed by atoms with Gasteiger partial charge in [0.15, 0.2) is 11.5 Å². The lowest BCUT2D eigenvalue weighted by Gasteiger charge is -2.37. The van der Waals surface area contributed by atoms with E-state index >= 15 is 0 Å². The second kappa shape index (κ2) is 12.0. The number of halogens is 1. The van der Waals surface area contributed by atoms with Crippen LogP contribution in [0.15, 0.2) is 100 Å². The van der Waals surface area contributed by atoms with Gasteiger partial charge in [0.05, 0.1) is 22.8 Å². The molecule has 2 aliphatic rings. The van der Waals surface area contributed by atoms with Crippen molar-refractivity contribution in [2.75, 3.05) is 11.9 Å². The van der Waals surface area contributed by atoms with Crippen LogP contribution in [0, 0.1) is 19.8 Å². The average molecular weight is 608 g/mol. The van der Waals surface area contributed by atoms with Gasteiger partial charge in [-0.05, 0) is 102 Å². The largest absolute Gasteiger partial charge is 0.490 e. The zero-order valence-electron chi connectivity index (χ0n) is 23.7. The predicted molar refractivity (Wildman–Crippen MR) is 172 cm³/mol. The number of nitrogens with zero attached hydrogens (tertiary/aromatic N) is 1. The summed E-state index contributed by atoms with van der Waals surface area (Å²) in [5.74, 6) is 2.39. The fraction of sp³-hybridized carbons (Fsp3) is 0.250. The lowest BCUT2D eigenvalue weighted by Crippen LogP contribution is -2.29. The van der Waals surface area contributed by atoms with Gasteiger partial charge in [-0.3, -0.25) is 4.99 Å². The third kappa shape index (κ3) is 5.96. The van der Waals surface area contributed by atoms with Crippen LogP contribution in [0.2, 0.25) is 0 Å². The predicted octanol–water partition coefficient (Wildman–Crippen LogP) is 9.62. The van der Waals surface area contributed by atoms with Crippen molar-refractivity contribution in [2.24, 2.45) is 10.9 Å². The number of hydrogen-bond donors (Lipinski definition) is 1. The van der Waals surface area contributed by atoms with Crippen LogP contribution in [-0.4, -0.2) is 12.8 Å². The molecule has 1 heterocycles. The van der Waals surface area contributed by atoms with Gasteiger partial charge < -0.3 is 14.8 Å². The summed E-state index contributed by atoms with van der Waals surface area (Å²) >= 11 is 3.69. The molecule has 6 rings (SSSR count). The molecule has 1 N–H and O–H groups in total. The van der Waals surface area contributed by atoms with Gasteiger partial charge in [0.2, 0.25) is 0 Å². The Kier molecular flexibility index (Phi) is 7.97. The average Bonchev–Trinajstić information content (AvgIpc) is 3.47. The van der Waals surface area contributed by atoms with Gasteiger partial charge in [-0.25, -0.2) is 0 Å². The fourth-order valence-corrected chi connectivity index (χ4v) is 6.44. The van der Waals surface area contributed by atoms with Crippen molar-refractivity contribution in [3.05, 3.63) is 129 Å². The maximum Gasteiger partial charge on any atom is 0.175 e. The Labute approximate surface area is 251 Å². The molecule has 5 heteroatoms. The van der Waals surface area contributed by atoms with Crippen LogP contribution in [0.3, 0.4) is 0 Å². The van der Waals surface area contributed by atoms with E-state index in [1.54, 1.807) is 0 Å². The topological polar surface area (TPSA) is 42.8 Å². The summed E-state index contributed by atoms with van der Waals surface area (Å²) in [6, 6.07) is 28.0. The number of fused-ring (bicyclic) bond motifs is 3. The van der Waals surface area contributed by atoms with Gasteiger partial charge in [0.1, 0.15) is 6.61 Å². The van der Waals surface area contributed by atoms with Crippen LogP contribution in [0.4, 0.5) is 11.4 Å². The van der Waals surface area contributed by atoms with Gasteiger partial charge in [0, 0.05) is 17.8 Å². The summed E-state index contributed by atoms with van der Waals surface area (Å²) in [5, 5.41) is 3.83. The van der Waals surface area contributed by atoms with Crippen molar-refractivity contribution < 1.29 is 9.47 Å². The Morgan fingerprint density at radius 1 is 0.927 bits per heavy atom. The molecular weight excluding hydrogens is 572 g/mol. The van der Waals surface area contributed by atoms with Crippen LogP contribution in [0.25, 0.3) is 0 Å². The Morgan fingerprint density at radius 3 is 2.49 bits per heavy atom. The molecule has 0 amide bonds. The van der Waals surface area contributed by atoms with E-state index in [1.165, 1.54) is 27.9 Å². The van der Waals surface area contributed by atoms with Crippen LogP contribution < -0.4 is 14.8 Å². The van der Waals surface area contributed by atoms with E-state index in [4.69, 9.17) is 14.5 Å². The molecule has 0 bridgehead atoms. The molecule has 0 aromatic heterocycles. The molecule has 4 aromatic rings. The van der Waals surface area contributed by atoms with Crippen molar-refractivity contribution in [2.45, 2.75) is 45.8 Å². The molecule has 0 spiro atoms. The van der Waals surface area contributed by atoms with Crippen LogP contribution in [0.5, 0.6) is 11.5 Å². The molecule has 4 aromatic carbocycles. The first-order valence-electron chi connectivity index (χ1n) is 14.3. The number of aliphatic imine (C=N–C) groups is 1. The first-order chi connectivity index (χ1) is 20.0. The van der Waals surface area contributed by atoms with Gasteiger partial charge in [0.25, 0.3) is 0 Å². The fourth-order valence-electron chi connectivity index (χ4n) is 5.87. The Balaban J connectivity index is 1.17. The highest BCUT2D eigenvalue weighted by Gasteiger charge is 2.37. The minimum atomic E-state index is 0.278. The van der Waals surface area contributed by atoms with E-state index in [0.29, 0.717) is 36.5 Å². The first-order valence-corrected chi connectivity index (χ1v) is 15.1. The van der Waals surface area contributed by atoms with Crippen molar-refractivity contribution in [1.82, 2.24) is 0 Å². The number of rotatable bonds is 8. The molecule has 0 fully saturated rings. The number of allylic oxidation sites excluding steroid dienone is 2. The van der Waals surface area contributed by atoms with Gasteiger partial charge in [-0.1, -0.05) is 71.8 Å². The van der Waals surface area contributed by atoms with Crippen LogP contribution in [-0.2, 0) is 6.61 Å². The Hall–Kier alpha value is -3.83. The summed E-state index contributed by atoms with van der Waals surface area (Å²) < 4.78 is 12.9. The summed E-state index contributed by atoms with van der Waals surface area (Å²) in [6.45, 7) is 7.25. The molecule has 1 aliphatic heterocycles. The molecule has 4 nitrogen and oxygen atoms in total. The molecule has 3 atom stereocenters. The number of anilines is 1. The van der Waals surface area contributed by atoms with E-state index in [1.807, 2.05) is 25.3 Å². The highest BCUT2D eigenvalue weighted by atomic mass is 79.9. The van der Waals surface area contributed by atoms with E-state index in [2.05, 4.69) is 114 Å². The molecule has 0 saturated heterocycles. The Bertz CT molecular complexity index is 1590. The number of ether oxygens (including phenoxy) is 2. The Morgan fingerprint density at radius 2 is 1.71 bits per heavy atom. The SMILES string of the molecule is CCOc1cc(C=Nc2ccc([C@@H]3Nc4ccc(C)cc4[C@@H]4C=CC[C@@H]43)cc2)cc(Br)c1OCc1ccc(C)cc1. The molecule has 41 heavy (non-hydrogen) atoms. The molecular formula is C36H35BrN2O2. The number of benzene rings is 4. The van der Waals surface area contributed by atoms with Gasteiger partial charge in [-0.15, -0.1) is 0 Å². The zero-order valence-corrected chi connectivity index (χ0v) is 25.3. The standard InChI is InChI=1S/C36H35BrN2O2/c1-4-40-34-20-26(19-32(37)36(34)41-22-25-11-8-23(2)9-12-25)21-38-28-15-13-27(14-16-28)35-30-7-5-6-29(30)31-18-24(3)10-17-33(31)39-35/h5-6,8-21,29-30,35,39H,4,7,22H2,1-3H3/t29-,30+,35+/m1/s1. The van der Waals surface area contributed by atoms with Crippen molar-refractivity contribution in [3.8, 4) is 11.5 Å². The van der Waals surface area contributed by atoms with E-state index in [9.17, 15) is 0 Å². The first kappa shape index (κ1) is 27.3. The third-order valence-corrected chi connectivity index (χ3v) is 8.56. The summed E-state index contributed by atoms with van der Waals surface area (Å²) in [5.41, 5.74) is 9.47. The van der Waals surface area contributed by atoms with E-state index < -0.39 is 0 Å². The van der Waals surface area contributed by atoms with Crippen LogP contribution in [0.1, 0.15) is 58.7 Å². The molecule has 1 aliphatic carbocycles. The quantitative estimate of drug-likeness (QED) is 0.160. The van der Waals surface area contributed by atoms with Gasteiger partial charge >= 0.3 is 0 Å². The smallest absolute Gasteiger partial charge is 0.175 e. The highest BCUT2D eigenvalue weighted by molar-refractivity contribution is 9.10. The lowest BCUT2D eigenvalue weighted by molar-refractivity contribution is 0.267. The third-order valence-electron chi connectivity index (χ3n) is 7.97. The van der Waals surface area contributed by atoms with E-state index in [-0.39, 0.29) is 6.04 Å². The summed E-state index contributed by atoms with van der Waals surface area (Å²) in [7, 11) is 0. The number of hydrogen-bond acceptors (Lipinski definition) is 4. The normalized spacial score (nSPS) is 19.1. The maximum atomic E-state index is 6.17. The molecule has 0 radical (unpaired) electrons. The number of aryl methyl sites for hydroxylation is 2. The van der Waals surface area contributed by atoms with Gasteiger partial charge in [-0.2, -0.15) is 0 Å². The molecule has 0 saturated carbocycles. The highest BCUT2D eigenvalue weighted by Crippen LogP contribution is 2.50. The number of nitrogens with one attached hydrogen (secondary N) is 1. The minimum absolute atomic E-state index is 0.278. The van der Waals surface area contributed by atoms with Crippen molar-refractivity contribution in [3.63, 3.8) is 0 Å². The monoisotopic (exact) mass is 606 g/mol. The van der Waals surface area contributed by atoms with E-state index in [0.717, 1.165) is 27.7 Å². The molecule has 0 unspecified atom stereocenters. The minimum Gasteiger partial charge on any atom is -0.490 e. The zero-order chi connectivity index (χ0) is 28.3. The van der Waals surface area contributed by atoms with Crippen molar-refractivity contribution in [1.29, 1.82) is 0 Å². The second-order valence-electron chi connectivity index (χ2n) is 11.0. The summed E-state index contributed by atoms with van der Waals surface area (Å²) in [4.78, 5) is 4.77.